The average molecular weight is 271 g/mol. The topological polar surface area (TPSA) is 83.8 Å². The minimum Gasteiger partial charge on any atom is -0.397 e. The normalized spacial score (nSPS) is 10.2. The van der Waals surface area contributed by atoms with Gasteiger partial charge in [-0.3, -0.25) is 9.89 Å². The number of nitrogen functional groups attached to an aromatic ring is 1. The highest BCUT2D eigenvalue weighted by Gasteiger charge is 2.11. The number of rotatable bonds is 2. The highest BCUT2D eigenvalue weighted by Crippen LogP contribution is 2.29. The van der Waals surface area contributed by atoms with Gasteiger partial charge in [0.25, 0.3) is 5.91 Å². The third kappa shape index (κ3) is 2.51. The van der Waals surface area contributed by atoms with Crippen molar-refractivity contribution in [1.29, 1.82) is 0 Å². The molecule has 0 atom stereocenters. The Balaban J connectivity index is 2.26. The Bertz CT molecular complexity index is 530. The quantitative estimate of drug-likeness (QED) is 0.734. The van der Waals surface area contributed by atoms with E-state index in [0.717, 1.165) is 0 Å². The molecule has 17 heavy (non-hydrogen) atoms. The van der Waals surface area contributed by atoms with E-state index in [1.807, 2.05) is 0 Å². The Kier molecular flexibility index (Phi) is 3.21. The number of anilines is 2. The number of benzene rings is 1. The number of amides is 1. The van der Waals surface area contributed by atoms with Crippen molar-refractivity contribution in [1.82, 2.24) is 10.2 Å². The Hall–Kier alpha value is -1.72. The summed E-state index contributed by atoms with van der Waals surface area (Å²) in [6.45, 7) is 0. The average Bonchev–Trinajstić information content (AvgIpc) is 2.77. The Morgan fingerprint density at radius 2 is 2.18 bits per heavy atom. The zero-order valence-corrected chi connectivity index (χ0v) is 10.0. The summed E-state index contributed by atoms with van der Waals surface area (Å²) in [6, 6.07) is 4.53. The summed E-state index contributed by atoms with van der Waals surface area (Å²) in [5, 5.41) is 9.39. The third-order valence-corrected chi connectivity index (χ3v) is 2.88. The second-order valence-corrected chi connectivity index (χ2v) is 4.07. The van der Waals surface area contributed by atoms with Crippen molar-refractivity contribution >= 4 is 40.6 Å². The molecular formula is C10H8Cl2N4O. The molecule has 0 spiro atoms. The van der Waals surface area contributed by atoms with Crippen molar-refractivity contribution < 1.29 is 4.79 Å². The van der Waals surface area contributed by atoms with E-state index in [4.69, 9.17) is 28.9 Å². The number of halogens is 2. The lowest BCUT2D eigenvalue weighted by Gasteiger charge is -2.06. The molecule has 0 radical (unpaired) electrons. The molecule has 1 aromatic heterocycles. The first kappa shape index (κ1) is 11.8. The van der Waals surface area contributed by atoms with Crippen molar-refractivity contribution in [2.45, 2.75) is 0 Å². The maximum Gasteiger partial charge on any atom is 0.256 e. The minimum absolute atomic E-state index is 0.237. The number of nitrogens with one attached hydrogen (secondary N) is 2. The van der Waals surface area contributed by atoms with Gasteiger partial charge in [-0.15, -0.1) is 0 Å². The summed E-state index contributed by atoms with van der Waals surface area (Å²) in [6.07, 6.45) is 1.53. The SMILES string of the molecule is Nc1cc(C(=O)Nc2ccn[nH]2)cc(Cl)c1Cl. The molecule has 0 aliphatic rings. The Morgan fingerprint density at radius 3 is 2.76 bits per heavy atom. The summed E-state index contributed by atoms with van der Waals surface area (Å²) in [5.74, 6) is 0.138. The van der Waals surface area contributed by atoms with Crippen LogP contribution in [0, 0.1) is 0 Å². The van der Waals surface area contributed by atoms with Gasteiger partial charge in [-0.25, -0.2) is 0 Å². The van der Waals surface area contributed by atoms with Gasteiger partial charge >= 0.3 is 0 Å². The number of nitrogens with two attached hydrogens (primary N) is 1. The van der Waals surface area contributed by atoms with Gasteiger partial charge in [-0.05, 0) is 12.1 Å². The van der Waals surface area contributed by atoms with Gasteiger partial charge in [-0.2, -0.15) is 5.10 Å². The number of carbonyl (C=O) groups is 1. The molecule has 2 aromatic rings. The number of hydrogen-bond donors (Lipinski definition) is 3. The first-order valence-corrected chi connectivity index (χ1v) is 5.39. The van der Waals surface area contributed by atoms with E-state index >= 15 is 0 Å². The van der Waals surface area contributed by atoms with E-state index in [2.05, 4.69) is 15.5 Å². The third-order valence-electron chi connectivity index (χ3n) is 2.07. The smallest absolute Gasteiger partial charge is 0.256 e. The second kappa shape index (κ2) is 4.65. The van der Waals surface area contributed by atoms with Gasteiger partial charge in [0.2, 0.25) is 0 Å². The minimum atomic E-state index is -0.348. The molecule has 0 unspecified atom stereocenters. The summed E-state index contributed by atoms with van der Waals surface area (Å²) in [4.78, 5) is 11.8. The number of hydrogen-bond acceptors (Lipinski definition) is 3. The fraction of sp³-hybridized carbons (Fsp3) is 0. The van der Waals surface area contributed by atoms with E-state index in [0.29, 0.717) is 11.4 Å². The predicted molar refractivity (Wildman–Crippen MR) is 67.4 cm³/mol. The van der Waals surface area contributed by atoms with Crippen LogP contribution in [0.3, 0.4) is 0 Å². The van der Waals surface area contributed by atoms with Crippen LogP contribution in [0.5, 0.6) is 0 Å². The van der Waals surface area contributed by atoms with Crippen molar-refractivity contribution in [3.8, 4) is 0 Å². The van der Waals surface area contributed by atoms with Crippen LogP contribution >= 0.6 is 23.2 Å². The summed E-state index contributed by atoms with van der Waals surface area (Å²) in [5.41, 5.74) is 6.20. The van der Waals surface area contributed by atoms with Crippen molar-refractivity contribution in [2.75, 3.05) is 11.1 Å². The molecule has 1 amide bonds. The Labute approximate surface area is 107 Å². The molecule has 0 aliphatic carbocycles. The molecule has 7 heteroatoms. The maximum atomic E-state index is 11.8. The van der Waals surface area contributed by atoms with E-state index < -0.39 is 0 Å². The Morgan fingerprint density at radius 1 is 1.41 bits per heavy atom. The lowest BCUT2D eigenvalue weighted by molar-refractivity contribution is 0.102. The van der Waals surface area contributed by atoms with Gasteiger partial charge in [0.1, 0.15) is 5.82 Å². The molecule has 2 rings (SSSR count). The van der Waals surface area contributed by atoms with Crippen molar-refractivity contribution in [2.24, 2.45) is 0 Å². The number of aromatic nitrogens is 2. The zero-order valence-electron chi connectivity index (χ0n) is 8.50. The summed E-state index contributed by atoms with van der Waals surface area (Å²) in [7, 11) is 0. The van der Waals surface area contributed by atoms with Gasteiger partial charge in [0, 0.05) is 11.6 Å². The van der Waals surface area contributed by atoms with E-state index in [1.54, 1.807) is 6.07 Å². The molecule has 1 heterocycles. The number of H-pyrrole nitrogens is 1. The van der Waals surface area contributed by atoms with Gasteiger partial charge < -0.3 is 11.1 Å². The van der Waals surface area contributed by atoms with E-state index in [9.17, 15) is 4.79 Å². The summed E-state index contributed by atoms with van der Waals surface area (Å²) >= 11 is 11.6. The van der Waals surface area contributed by atoms with Crippen LogP contribution in [0.1, 0.15) is 10.4 Å². The first-order valence-electron chi connectivity index (χ1n) is 4.63. The molecule has 5 nitrogen and oxygen atoms in total. The molecular weight excluding hydrogens is 263 g/mol. The first-order chi connectivity index (χ1) is 8.08. The van der Waals surface area contributed by atoms with Crippen LogP contribution in [0.15, 0.2) is 24.4 Å². The zero-order chi connectivity index (χ0) is 12.4. The summed E-state index contributed by atoms with van der Waals surface area (Å²) < 4.78 is 0. The standard InChI is InChI=1S/C10H8Cl2N4O/c11-6-3-5(4-7(13)9(6)12)10(17)15-8-1-2-14-16-8/h1-4H,13H2,(H2,14,15,16,17). The predicted octanol–water partition coefficient (Wildman–Crippen LogP) is 2.55. The van der Waals surface area contributed by atoms with Crippen LogP contribution in [0.25, 0.3) is 0 Å². The molecule has 0 bridgehead atoms. The van der Waals surface area contributed by atoms with Gasteiger partial charge in [0.15, 0.2) is 0 Å². The van der Waals surface area contributed by atoms with Crippen LogP contribution in [0.4, 0.5) is 11.5 Å². The molecule has 0 saturated heterocycles. The van der Waals surface area contributed by atoms with Crippen LogP contribution in [0.2, 0.25) is 10.0 Å². The lowest BCUT2D eigenvalue weighted by atomic mass is 10.2. The highest BCUT2D eigenvalue weighted by atomic mass is 35.5. The van der Waals surface area contributed by atoms with Crippen LogP contribution < -0.4 is 11.1 Å². The fourth-order valence-corrected chi connectivity index (χ4v) is 1.60. The molecule has 4 N–H and O–H groups in total. The highest BCUT2D eigenvalue weighted by molar-refractivity contribution is 6.44. The van der Waals surface area contributed by atoms with E-state index in [-0.39, 0.29) is 21.6 Å². The van der Waals surface area contributed by atoms with Crippen LogP contribution in [-0.2, 0) is 0 Å². The number of aromatic amines is 1. The largest absolute Gasteiger partial charge is 0.397 e. The molecule has 1 aromatic carbocycles. The second-order valence-electron chi connectivity index (χ2n) is 3.29. The number of nitrogens with zero attached hydrogens (tertiary/aromatic N) is 1. The van der Waals surface area contributed by atoms with Gasteiger partial charge in [0.05, 0.1) is 21.9 Å². The van der Waals surface area contributed by atoms with Crippen molar-refractivity contribution in [3.63, 3.8) is 0 Å². The maximum absolute atomic E-state index is 11.8. The molecule has 88 valence electrons. The fourth-order valence-electron chi connectivity index (χ4n) is 1.26. The monoisotopic (exact) mass is 270 g/mol. The van der Waals surface area contributed by atoms with Crippen molar-refractivity contribution in [3.05, 3.63) is 40.0 Å². The van der Waals surface area contributed by atoms with E-state index in [1.165, 1.54) is 18.3 Å². The molecule has 0 fully saturated rings. The van der Waals surface area contributed by atoms with Crippen LogP contribution in [-0.4, -0.2) is 16.1 Å². The lowest BCUT2D eigenvalue weighted by Crippen LogP contribution is -2.12. The van der Waals surface area contributed by atoms with Gasteiger partial charge in [-0.1, -0.05) is 23.2 Å². The number of carbonyl (C=O) groups excluding carboxylic acids is 1. The molecule has 0 aliphatic heterocycles. The molecule has 0 saturated carbocycles.